The third kappa shape index (κ3) is 7.76. The van der Waals surface area contributed by atoms with Gasteiger partial charge in [0.15, 0.2) is 17.6 Å². The fourth-order valence-electron chi connectivity index (χ4n) is 5.79. The van der Waals surface area contributed by atoms with Crippen LogP contribution < -0.4 is 9.47 Å². The molecule has 4 atom stereocenters. The number of methoxy groups -OCH3 is 1. The molecule has 8 heteroatoms. The van der Waals surface area contributed by atoms with Crippen molar-refractivity contribution in [1.29, 1.82) is 0 Å². The summed E-state index contributed by atoms with van der Waals surface area (Å²) in [7, 11) is 1.32. The monoisotopic (exact) mass is 553 g/mol. The van der Waals surface area contributed by atoms with E-state index in [2.05, 4.69) is 24.8 Å². The van der Waals surface area contributed by atoms with Gasteiger partial charge in [0.05, 0.1) is 7.11 Å². The molecule has 0 N–H and O–H groups in total. The highest BCUT2D eigenvalue weighted by atomic mass is 16.7. The van der Waals surface area contributed by atoms with Crippen molar-refractivity contribution >= 4 is 11.9 Å². The minimum absolute atomic E-state index is 0.225. The summed E-state index contributed by atoms with van der Waals surface area (Å²) >= 11 is 0. The van der Waals surface area contributed by atoms with Crippen LogP contribution in [0.25, 0.3) is 0 Å². The van der Waals surface area contributed by atoms with E-state index in [4.69, 9.17) is 23.7 Å². The first kappa shape index (κ1) is 29.9. The standard InChI is InChI=1S/C32H43NO7/c1-5-16-33(17-6-2)25-13-14-27-24(18-25)12-15-28(37-21-23-10-8-7-9-11-23)31(27)40-30-20-26(38-22(3)34)19-29(39-30)32(35)36-4/h7-12,15,25-26,29-30H,5-6,13-14,16-21H2,1-4H3/t25-,26-,29-,30?/m0/s1. The van der Waals surface area contributed by atoms with Gasteiger partial charge >= 0.3 is 11.9 Å². The third-order valence-corrected chi connectivity index (χ3v) is 7.57. The van der Waals surface area contributed by atoms with Gasteiger partial charge in [-0.25, -0.2) is 4.79 Å². The molecule has 0 radical (unpaired) electrons. The van der Waals surface area contributed by atoms with Crippen molar-refractivity contribution in [1.82, 2.24) is 4.90 Å². The van der Waals surface area contributed by atoms with Crippen LogP contribution in [0.4, 0.5) is 0 Å². The molecule has 2 aliphatic rings. The van der Waals surface area contributed by atoms with Crippen molar-refractivity contribution in [3.63, 3.8) is 0 Å². The Labute approximate surface area is 237 Å². The van der Waals surface area contributed by atoms with E-state index in [1.54, 1.807) is 0 Å². The van der Waals surface area contributed by atoms with Crippen LogP contribution in [0.1, 0.15) is 69.6 Å². The van der Waals surface area contributed by atoms with Gasteiger partial charge in [-0.15, -0.1) is 0 Å². The topological polar surface area (TPSA) is 83.5 Å². The van der Waals surface area contributed by atoms with E-state index in [1.165, 1.54) is 19.6 Å². The van der Waals surface area contributed by atoms with Gasteiger partial charge in [0, 0.05) is 31.4 Å². The lowest BCUT2D eigenvalue weighted by atomic mass is 9.86. The maximum Gasteiger partial charge on any atom is 0.335 e. The summed E-state index contributed by atoms with van der Waals surface area (Å²) in [5.74, 6) is 0.346. The van der Waals surface area contributed by atoms with Crippen molar-refractivity contribution in [3.05, 3.63) is 59.2 Å². The Kier molecular flexibility index (Phi) is 10.8. The number of hydrogen-bond acceptors (Lipinski definition) is 8. The number of esters is 2. The average Bonchev–Trinajstić information content (AvgIpc) is 2.96. The van der Waals surface area contributed by atoms with E-state index < -0.39 is 30.4 Å². The summed E-state index contributed by atoms with van der Waals surface area (Å²) in [5, 5.41) is 0. The van der Waals surface area contributed by atoms with E-state index in [-0.39, 0.29) is 6.42 Å². The Balaban J connectivity index is 1.62. The molecule has 1 unspecified atom stereocenters. The van der Waals surface area contributed by atoms with Crippen molar-refractivity contribution in [2.75, 3.05) is 20.2 Å². The van der Waals surface area contributed by atoms with E-state index in [1.807, 2.05) is 36.4 Å². The zero-order chi connectivity index (χ0) is 28.5. The lowest BCUT2D eigenvalue weighted by Gasteiger charge is -2.37. The second-order valence-corrected chi connectivity index (χ2v) is 10.6. The fraction of sp³-hybridized carbons (Fsp3) is 0.562. The van der Waals surface area contributed by atoms with Gasteiger partial charge in [-0.05, 0) is 62.4 Å². The molecular formula is C32H43NO7. The quantitative estimate of drug-likeness (QED) is 0.330. The van der Waals surface area contributed by atoms with Crippen LogP contribution in [-0.4, -0.2) is 61.6 Å². The normalized spacial score (nSPS) is 22.3. The molecule has 0 bridgehead atoms. The van der Waals surface area contributed by atoms with Gasteiger partial charge < -0.3 is 28.6 Å². The zero-order valence-electron chi connectivity index (χ0n) is 24.2. The Morgan fingerprint density at radius 1 is 1.02 bits per heavy atom. The molecule has 1 saturated heterocycles. The maximum atomic E-state index is 12.4. The summed E-state index contributed by atoms with van der Waals surface area (Å²) in [6, 6.07) is 14.6. The number of fused-ring (bicyclic) bond motifs is 1. The predicted octanol–water partition coefficient (Wildman–Crippen LogP) is 5.23. The van der Waals surface area contributed by atoms with Crippen LogP contribution in [0.15, 0.2) is 42.5 Å². The second-order valence-electron chi connectivity index (χ2n) is 10.6. The maximum absolute atomic E-state index is 12.4. The number of carbonyl (C=O) groups excluding carboxylic acids is 2. The van der Waals surface area contributed by atoms with Gasteiger partial charge in [0.25, 0.3) is 0 Å². The number of carbonyl (C=O) groups is 2. The van der Waals surface area contributed by atoms with Crippen molar-refractivity contribution < 1.29 is 33.3 Å². The largest absolute Gasteiger partial charge is 0.485 e. The molecule has 1 fully saturated rings. The Bertz CT molecular complexity index is 1120. The predicted molar refractivity (Wildman–Crippen MR) is 151 cm³/mol. The SMILES string of the molecule is CCCN(CCC)[C@H]1CCc2c(ccc(OCc3ccccc3)c2OC2C[C@@H](OC(C)=O)C[C@@H](C(=O)OC)O2)C1. The highest BCUT2D eigenvalue weighted by molar-refractivity contribution is 5.75. The number of ether oxygens (including phenoxy) is 5. The molecule has 0 aromatic heterocycles. The summed E-state index contributed by atoms with van der Waals surface area (Å²) in [6.45, 7) is 8.41. The molecule has 0 amide bonds. The first-order valence-electron chi connectivity index (χ1n) is 14.5. The van der Waals surface area contributed by atoms with Crippen molar-refractivity contribution in [2.24, 2.45) is 0 Å². The van der Waals surface area contributed by atoms with Crippen LogP contribution in [-0.2, 0) is 43.2 Å². The minimum atomic E-state index is -0.887. The molecule has 1 aliphatic carbocycles. The Hall–Kier alpha value is -3.10. The first-order chi connectivity index (χ1) is 19.4. The van der Waals surface area contributed by atoms with E-state index in [0.29, 0.717) is 30.6 Å². The average molecular weight is 554 g/mol. The lowest BCUT2D eigenvalue weighted by Crippen LogP contribution is -2.44. The van der Waals surface area contributed by atoms with Crippen molar-refractivity contribution in [2.45, 2.75) is 96.9 Å². The molecule has 4 rings (SSSR count). The van der Waals surface area contributed by atoms with Gasteiger partial charge in [-0.1, -0.05) is 50.2 Å². The van der Waals surface area contributed by atoms with Crippen LogP contribution in [0.3, 0.4) is 0 Å². The third-order valence-electron chi connectivity index (χ3n) is 7.57. The van der Waals surface area contributed by atoms with E-state index in [0.717, 1.165) is 56.3 Å². The second kappa shape index (κ2) is 14.5. The highest BCUT2D eigenvalue weighted by Crippen LogP contribution is 2.41. The first-order valence-corrected chi connectivity index (χ1v) is 14.5. The number of nitrogens with zero attached hydrogens (tertiary/aromatic N) is 1. The van der Waals surface area contributed by atoms with Gasteiger partial charge in [0.2, 0.25) is 6.29 Å². The molecule has 2 aromatic rings. The highest BCUT2D eigenvalue weighted by Gasteiger charge is 2.38. The molecule has 218 valence electrons. The van der Waals surface area contributed by atoms with Crippen LogP contribution in [0.2, 0.25) is 0 Å². The molecule has 40 heavy (non-hydrogen) atoms. The van der Waals surface area contributed by atoms with Gasteiger partial charge in [-0.2, -0.15) is 0 Å². The van der Waals surface area contributed by atoms with Crippen LogP contribution >= 0.6 is 0 Å². The van der Waals surface area contributed by atoms with E-state index in [9.17, 15) is 9.59 Å². The molecule has 8 nitrogen and oxygen atoms in total. The van der Waals surface area contributed by atoms with Crippen LogP contribution in [0, 0.1) is 0 Å². The lowest BCUT2D eigenvalue weighted by molar-refractivity contribution is -0.204. The van der Waals surface area contributed by atoms with Crippen molar-refractivity contribution in [3.8, 4) is 11.5 Å². The smallest absolute Gasteiger partial charge is 0.335 e. The van der Waals surface area contributed by atoms with Crippen LogP contribution in [0.5, 0.6) is 11.5 Å². The van der Waals surface area contributed by atoms with Gasteiger partial charge in [0.1, 0.15) is 12.7 Å². The van der Waals surface area contributed by atoms with E-state index >= 15 is 0 Å². The molecule has 0 spiro atoms. The fourth-order valence-corrected chi connectivity index (χ4v) is 5.79. The number of hydrogen-bond donors (Lipinski definition) is 0. The summed E-state index contributed by atoms with van der Waals surface area (Å²) in [6.07, 6.45) is 3.40. The summed E-state index contributed by atoms with van der Waals surface area (Å²) < 4.78 is 29.3. The summed E-state index contributed by atoms with van der Waals surface area (Å²) in [5.41, 5.74) is 3.41. The number of benzene rings is 2. The summed E-state index contributed by atoms with van der Waals surface area (Å²) in [4.78, 5) is 26.7. The molecular weight excluding hydrogens is 510 g/mol. The zero-order valence-corrected chi connectivity index (χ0v) is 24.2. The Morgan fingerprint density at radius 3 is 2.45 bits per heavy atom. The minimum Gasteiger partial charge on any atom is -0.485 e. The Morgan fingerprint density at radius 2 is 1.77 bits per heavy atom. The van der Waals surface area contributed by atoms with Gasteiger partial charge in [-0.3, -0.25) is 4.79 Å². The molecule has 0 saturated carbocycles. The molecule has 2 aromatic carbocycles. The number of rotatable bonds is 12. The molecule has 1 aliphatic heterocycles. The molecule has 1 heterocycles.